The topological polar surface area (TPSA) is 53.8 Å². The second-order valence-corrected chi connectivity index (χ2v) is 7.96. The van der Waals surface area contributed by atoms with Gasteiger partial charge in [-0.2, -0.15) is 5.10 Å². The minimum absolute atomic E-state index is 0.344. The van der Waals surface area contributed by atoms with Gasteiger partial charge in [-0.05, 0) is 56.2 Å². The number of aliphatic hydroxyl groups excluding tert-OH is 1. The molecule has 1 atom stereocenters. The van der Waals surface area contributed by atoms with Crippen LogP contribution in [0.3, 0.4) is 0 Å². The van der Waals surface area contributed by atoms with E-state index in [9.17, 15) is 5.11 Å². The van der Waals surface area contributed by atoms with Crippen molar-refractivity contribution in [3.05, 3.63) is 48.3 Å². The van der Waals surface area contributed by atoms with Crippen LogP contribution in [0.4, 0.5) is 0 Å². The Morgan fingerprint density at radius 3 is 2.72 bits per heavy atom. The predicted molar refractivity (Wildman–Crippen MR) is 116 cm³/mol. The Morgan fingerprint density at radius 2 is 2.00 bits per heavy atom. The summed E-state index contributed by atoms with van der Waals surface area (Å²) in [6.45, 7) is 9.13. The van der Waals surface area contributed by atoms with E-state index < -0.39 is 6.10 Å². The van der Waals surface area contributed by atoms with Crippen molar-refractivity contribution in [1.29, 1.82) is 0 Å². The van der Waals surface area contributed by atoms with Gasteiger partial charge in [0.1, 0.15) is 18.5 Å². The molecule has 0 radical (unpaired) electrons. The second kappa shape index (κ2) is 12.0. The molecule has 1 aromatic heterocycles. The Hall–Kier alpha value is -1.89. The van der Waals surface area contributed by atoms with E-state index in [1.54, 1.807) is 0 Å². The number of rotatable bonds is 11. The average Bonchev–Trinajstić information content (AvgIpc) is 3.13. The van der Waals surface area contributed by atoms with Gasteiger partial charge in [-0.25, -0.2) is 0 Å². The van der Waals surface area contributed by atoms with Crippen LogP contribution in [-0.4, -0.2) is 70.1 Å². The molecule has 0 spiro atoms. The lowest BCUT2D eigenvalue weighted by Crippen LogP contribution is -2.36. The highest BCUT2D eigenvalue weighted by Gasteiger charge is 2.14. The summed E-state index contributed by atoms with van der Waals surface area (Å²) >= 11 is 0. The summed E-state index contributed by atoms with van der Waals surface area (Å²) in [7, 11) is 0. The fourth-order valence-corrected chi connectivity index (χ4v) is 3.88. The molecule has 1 aliphatic heterocycles. The highest BCUT2D eigenvalue weighted by atomic mass is 16.5. The van der Waals surface area contributed by atoms with E-state index in [0.717, 1.165) is 45.0 Å². The van der Waals surface area contributed by atoms with Crippen molar-refractivity contribution < 1.29 is 9.84 Å². The van der Waals surface area contributed by atoms with Crippen LogP contribution in [0.2, 0.25) is 0 Å². The van der Waals surface area contributed by atoms with Crippen LogP contribution in [-0.2, 0) is 13.1 Å². The van der Waals surface area contributed by atoms with E-state index in [-0.39, 0.29) is 0 Å². The quantitative estimate of drug-likeness (QED) is 0.628. The van der Waals surface area contributed by atoms with Gasteiger partial charge in [0.05, 0.1) is 6.54 Å². The summed E-state index contributed by atoms with van der Waals surface area (Å²) in [5.74, 6) is 0.834. The molecule has 1 saturated heterocycles. The number of likely N-dealkylation sites (tertiary alicyclic amines) is 1. The number of aromatic nitrogens is 2. The Bertz CT molecular complexity index is 684. The third-order valence-electron chi connectivity index (χ3n) is 5.57. The van der Waals surface area contributed by atoms with Gasteiger partial charge in [-0.15, -0.1) is 0 Å². The average molecular weight is 401 g/mol. The number of benzene rings is 1. The highest BCUT2D eigenvalue weighted by molar-refractivity contribution is 5.28. The monoisotopic (exact) mass is 400 g/mol. The standard InChI is InChI=1S/C23H36N4O2/c1-2-25(15-16-27-14-8-11-24-27)18-21-9-7-10-23(17-21)29-20-22(28)19-26-12-5-3-4-6-13-26/h7-11,14,17,22,28H,2-6,12-13,15-16,18-20H2,1H3. The molecule has 1 unspecified atom stereocenters. The van der Waals surface area contributed by atoms with Crippen molar-refractivity contribution in [2.45, 2.75) is 51.8 Å². The molecule has 1 aliphatic rings. The van der Waals surface area contributed by atoms with Crippen LogP contribution in [0.25, 0.3) is 0 Å². The molecule has 29 heavy (non-hydrogen) atoms. The Morgan fingerprint density at radius 1 is 1.17 bits per heavy atom. The van der Waals surface area contributed by atoms with Crippen molar-refractivity contribution in [1.82, 2.24) is 19.6 Å². The maximum atomic E-state index is 10.4. The lowest BCUT2D eigenvalue weighted by molar-refractivity contribution is 0.0693. The molecule has 1 fully saturated rings. The zero-order chi connectivity index (χ0) is 20.3. The molecule has 2 aromatic rings. The van der Waals surface area contributed by atoms with Gasteiger partial charge in [-0.3, -0.25) is 9.58 Å². The van der Waals surface area contributed by atoms with Gasteiger partial charge >= 0.3 is 0 Å². The fraction of sp³-hybridized carbons (Fsp3) is 0.609. The molecule has 1 N–H and O–H groups in total. The van der Waals surface area contributed by atoms with Crippen LogP contribution in [0.15, 0.2) is 42.7 Å². The van der Waals surface area contributed by atoms with Gasteiger partial charge in [0.25, 0.3) is 0 Å². The van der Waals surface area contributed by atoms with Gasteiger partial charge in [-0.1, -0.05) is 31.9 Å². The van der Waals surface area contributed by atoms with Gasteiger partial charge in [0, 0.05) is 32.0 Å². The molecule has 6 nitrogen and oxygen atoms in total. The molecule has 0 bridgehead atoms. The molecule has 2 heterocycles. The fourth-order valence-electron chi connectivity index (χ4n) is 3.88. The maximum absolute atomic E-state index is 10.4. The Kier molecular flexibility index (Phi) is 8.99. The molecular formula is C23H36N4O2. The second-order valence-electron chi connectivity index (χ2n) is 7.96. The largest absolute Gasteiger partial charge is 0.491 e. The number of likely N-dealkylation sites (N-methyl/N-ethyl adjacent to an activating group) is 1. The van der Waals surface area contributed by atoms with Crippen molar-refractivity contribution in [3.8, 4) is 5.75 Å². The molecule has 3 rings (SSSR count). The zero-order valence-electron chi connectivity index (χ0n) is 17.7. The highest BCUT2D eigenvalue weighted by Crippen LogP contribution is 2.16. The molecular weight excluding hydrogens is 364 g/mol. The summed E-state index contributed by atoms with van der Waals surface area (Å²) in [4.78, 5) is 4.77. The number of ether oxygens (including phenoxy) is 1. The van der Waals surface area contributed by atoms with Gasteiger partial charge in [0.2, 0.25) is 0 Å². The molecule has 6 heteroatoms. The Balaban J connectivity index is 1.44. The third-order valence-corrected chi connectivity index (χ3v) is 5.57. The van der Waals surface area contributed by atoms with Crippen molar-refractivity contribution in [3.63, 3.8) is 0 Å². The maximum Gasteiger partial charge on any atom is 0.119 e. The molecule has 160 valence electrons. The number of hydrogen-bond acceptors (Lipinski definition) is 5. The first-order valence-electron chi connectivity index (χ1n) is 11.0. The van der Waals surface area contributed by atoms with E-state index in [4.69, 9.17) is 4.74 Å². The number of β-amino-alcohol motifs (C(OH)–C–C–N with tert-alkyl or cyclic N) is 1. The summed E-state index contributed by atoms with van der Waals surface area (Å²) < 4.78 is 7.87. The number of hydrogen-bond donors (Lipinski definition) is 1. The van der Waals surface area contributed by atoms with E-state index in [2.05, 4.69) is 34.0 Å². The zero-order valence-corrected chi connectivity index (χ0v) is 17.7. The van der Waals surface area contributed by atoms with E-state index in [1.807, 2.05) is 35.3 Å². The van der Waals surface area contributed by atoms with Gasteiger partial charge < -0.3 is 14.7 Å². The predicted octanol–water partition coefficient (Wildman–Crippen LogP) is 3.02. The van der Waals surface area contributed by atoms with Crippen LogP contribution in [0, 0.1) is 0 Å². The first kappa shape index (κ1) is 21.8. The third kappa shape index (κ3) is 7.80. The van der Waals surface area contributed by atoms with E-state index in [0.29, 0.717) is 13.2 Å². The molecule has 0 saturated carbocycles. The lowest BCUT2D eigenvalue weighted by atomic mass is 10.2. The van der Waals surface area contributed by atoms with Crippen LogP contribution in [0.5, 0.6) is 5.75 Å². The van der Waals surface area contributed by atoms with Crippen LogP contribution >= 0.6 is 0 Å². The summed E-state index contributed by atoms with van der Waals surface area (Å²) in [6.07, 6.45) is 8.48. The summed E-state index contributed by atoms with van der Waals surface area (Å²) in [5.41, 5.74) is 1.23. The SMILES string of the molecule is CCN(CCn1cccn1)Cc1cccc(OCC(O)CN2CCCCCC2)c1. The molecule has 0 amide bonds. The molecule has 1 aromatic carbocycles. The van der Waals surface area contributed by atoms with Crippen LogP contribution in [0.1, 0.15) is 38.2 Å². The van der Waals surface area contributed by atoms with Crippen molar-refractivity contribution in [2.24, 2.45) is 0 Å². The minimum Gasteiger partial charge on any atom is -0.491 e. The van der Waals surface area contributed by atoms with Crippen molar-refractivity contribution in [2.75, 3.05) is 39.3 Å². The first-order chi connectivity index (χ1) is 14.2. The van der Waals surface area contributed by atoms with Crippen LogP contribution < -0.4 is 4.74 Å². The molecule has 0 aliphatic carbocycles. The normalized spacial score (nSPS) is 16.7. The lowest BCUT2D eigenvalue weighted by Gasteiger charge is -2.23. The van der Waals surface area contributed by atoms with E-state index in [1.165, 1.54) is 31.2 Å². The first-order valence-corrected chi connectivity index (χ1v) is 11.0. The summed E-state index contributed by atoms with van der Waals surface area (Å²) in [6, 6.07) is 10.2. The smallest absolute Gasteiger partial charge is 0.119 e. The number of aliphatic hydroxyl groups is 1. The van der Waals surface area contributed by atoms with Gasteiger partial charge in [0.15, 0.2) is 0 Å². The van der Waals surface area contributed by atoms with Crippen molar-refractivity contribution >= 4 is 0 Å². The number of nitrogens with zero attached hydrogens (tertiary/aromatic N) is 4. The summed E-state index contributed by atoms with van der Waals surface area (Å²) in [5, 5.41) is 14.7. The minimum atomic E-state index is -0.446. The van der Waals surface area contributed by atoms with E-state index >= 15 is 0 Å². The Labute approximate surface area is 175 Å².